The van der Waals surface area contributed by atoms with E-state index >= 15 is 0 Å². The van der Waals surface area contributed by atoms with Crippen molar-refractivity contribution in [1.29, 1.82) is 0 Å². The number of nitrogens with one attached hydrogen (secondary N) is 1. The molecule has 0 unspecified atom stereocenters. The van der Waals surface area contributed by atoms with Crippen molar-refractivity contribution in [2.75, 3.05) is 13.7 Å². The minimum atomic E-state index is 0.370. The summed E-state index contributed by atoms with van der Waals surface area (Å²) in [5.41, 5.74) is 0. The van der Waals surface area contributed by atoms with Crippen molar-refractivity contribution in [2.24, 2.45) is 5.92 Å². The largest absolute Gasteiger partial charge is 0.396 e. The van der Waals surface area contributed by atoms with E-state index in [1.165, 1.54) is 25.7 Å². The molecule has 1 aliphatic rings. The fourth-order valence-corrected chi connectivity index (χ4v) is 1.92. The molecule has 2 heteroatoms. The molecule has 0 amide bonds. The fourth-order valence-electron chi connectivity index (χ4n) is 1.92. The second kappa shape index (κ2) is 4.73. The van der Waals surface area contributed by atoms with Gasteiger partial charge in [0.05, 0.1) is 0 Å². The van der Waals surface area contributed by atoms with E-state index in [2.05, 4.69) is 5.32 Å². The first kappa shape index (κ1) is 9.01. The van der Waals surface area contributed by atoms with Crippen molar-refractivity contribution in [2.45, 2.75) is 38.1 Å². The van der Waals surface area contributed by atoms with E-state index < -0.39 is 0 Å². The Kier molecular flexibility index (Phi) is 3.87. The molecule has 0 aromatic carbocycles. The van der Waals surface area contributed by atoms with Crippen LogP contribution in [0.1, 0.15) is 32.1 Å². The molecule has 0 heterocycles. The third kappa shape index (κ3) is 2.80. The summed E-state index contributed by atoms with van der Waals surface area (Å²) >= 11 is 0. The summed E-state index contributed by atoms with van der Waals surface area (Å²) in [5, 5.41) is 12.0. The average molecular weight is 157 g/mol. The van der Waals surface area contributed by atoms with E-state index in [4.69, 9.17) is 5.11 Å². The lowest BCUT2D eigenvalue weighted by molar-refractivity contribution is 0.216. The van der Waals surface area contributed by atoms with Crippen LogP contribution in [0.2, 0.25) is 0 Å². The monoisotopic (exact) mass is 157 g/mol. The van der Waals surface area contributed by atoms with Gasteiger partial charge in [-0.15, -0.1) is 0 Å². The van der Waals surface area contributed by atoms with Gasteiger partial charge in [-0.1, -0.05) is 0 Å². The summed E-state index contributed by atoms with van der Waals surface area (Å²) in [5.74, 6) is 0.796. The highest BCUT2D eigenvalue weighted by molar-refractivity contribution is 4.75. The maximum absolute atomic E-state index is 8.73. The molecule has 1 fully saturated rings. The minimum Gasteiger partial charge on any atom is -0.396 e. The van der Waals surface area contributed by atoms with Crippen LogP contribution in [-0.4, -0.2) is 24.8 Å². The molecule has 66 valence electrons. The summed E-state index contributed by atoms with van der Waals surface area (Å²) in [4.78, 5) is 0. The van der Waals surface area contributed by atoms with Crippen LogP contribution in [0, 0.1) is 5.92 Å². The maximum Gasteiger partial charge on any atom is 0.0433 e. The third-order valence-electron chi connectivity index (χ3n) is 2.79. The van der Waals surface area contributed by atoms with Crippen LogP contribution in [0.3, 0.4) is 0 Å². The molecule has 0 aromatic rings. The van der Waals surface area contributed by atoms with E-state index in [0.29, 0.717) is 6.61 Å². The van der Waals surface area contributed by atoms with Gasteiger partial charge in [0, 0.05) is 12.6 Å². The molecule has 0 radical (unpaired) electrons. The molecule has 0 aliphatic heterocycles. The smallest absolute Gasteiger partial charge is 0.0433 e. The quantitative estimate of drug-likeness (QED) is 0.644. The van der Waals surface area contributed by atoms with Gasteiger partial charge >= 0.3 is 0 Å². The first-order valence-electron chi connectivity index (χ1n) is 4.65. The Morgan fingerprint density at radius 3 is 2.36 bits per heavy atom. The van der Waals surface area contributed by atoms with Crippen LogP contribution in [0.15, 0.2) is 0 Å². The molecule has 2 N–H and O–H groups in total. The Balaban J connectivity index is 2.14. The summed E-state index contributed by atoms with van der Waals surface area (Å²) in [6, 6.07) is 0.741. The summed E-state index contributed by atoms with van der Waals surface area (Å²) in [6.45, 7) is 0.370. The highest BCUT2D eigenvalue weighted by atomic mass is 16.3. The molecule has 1 rings (SSSR count). The number of aliphatic hydroxyl groups is 1. The maximum atomic E-state index is 8.73. The molecule has 0 saturated heterocycles. The van der Waals surface area contributed by atoms with E-state index in [-0.39, 0.29) is 0 Å². The summed E-state index contributed by atoms with van der Waals surface area (Å²) < 4.78 is 0. The SMILES string of the molecule is CNC1CCC(CCO)CC1. The van der Waals surface area contributed by atoms with Gasteiger partial charge in [-0.05, 0) is 45.1 Å². The van der Waals surface area contributed by atoms with Gasteiger partial charge in [0.1, 0.15) is 0 Å². The molecule has 0 atom stereocenters. The molecule has 11 heavy (non-hydrogen) atoms. The Labute approximate surface area is 69.0 Å². The van der Waals surface area contributed by atoms with Gasteiger partial charge in [0.25, 0.3) is 0 Å². The van der Waals surface area contributed by atoms with Gasteiger partial charge in [0.2, 0.25) is 0 Å². The van der Waals surface area contributed by atoms with Gasteiger partial charge in [-0.3, -0.25) is 0 Å². The topological polar surface area (TPSA) is 32.3 Å². The fraction of sp³-hybridized carbons (Fsp3) is 1.00. The average Bonchev–Trinajstić information content (AvgIpc) is 2.07. The molecule has 1 aliphatic carbocycles. The van der Waals surface area contributed by atoms with Gasteiger partial charge in [-0.2, -0.15) is 0 Å². The second-order valence-corrected chi connectivity index (χ2v) is 3.52. The molecule has 2 nitrogen and oxygen atoms in total. The standard InChI is InChI=1S/C9H19NO/c1-10-9-4-2-8(3-5-9)6-7-11/h8-11H,2-7H2,1H3. The Morgan fingerprint density at radius 1 is 1.27 bits per heavy atom. The molecule has 0 spiro atoms. The number of aliphatic hydroxyl groups excluding tert-OH is 1. The van der Waals surface area contributed by atoms with Crippen molar-refractivity contribution >= 4 is 0 Å². The Morgan fingerprint density at radius 2 is 1.91 bits per heavy atom. The molecular weight excluding hydrogens is 138 g/mol. The van der Waals surface area contributed by atoms with E-state index in [1.54, 1.807) is 0 Å². The zero-order valence-electron chi connectivity index (χ0n) is 7.34. The number of hydrogen-bond donors (Lipinski definition) is 2. The van der Waals surface area contributed by atoms with Crippen molar-refractivity contribution in [3.05, 3.63) is 0 Å². The van der Waals surface area contributed by atoms with E-state index in [1.807, 2.05) is 7.05 Å². The van der Waals surface area contributed by atoms with Crippen LogP contribution in [0.25, 0.3) is 0 Å². The third-order valence-corrected chi connectivity index (χ3v) is 2.79. The van der Waals surface area contributed by atoms with Gasteiger partial charge in [-0.25, -0.2) is 0 Å². The molecule has 0 aromatic heterocycles. The van der Waals surface area contributed by atoms with Crippen LogP contribution < -0.4 is 5.32 Å². The first-order chi connectivity index (χ1) is 5.36. The number of hydrogen-bond acceptors (Lipinski definition) is 2. The Bertz CT molecular complexity index is 97.7. The number of rotatable bonds is 3. The van der Waals surface area contributed by atoms with Crippen LogP contribution in [0.4, 0.5) is 0 Å². The van der Waals surface area contributed by atoms with Crippen molar-refractivity contribution in [3.8, 4) is 0 Å². The normalized spacial score (nSPS) is 32.2. The Hall–Kier alpha value is -0.0800. The lowest BCUT2D eigenvalue weighted by Crippen LogP contribution is -2.30. The second-order valence-electron chi connectivity index (χ2n) is 3.52. The molecule has 1 saturated carbocycles. The lowest BCUT2D eigenvalue weighted by Gasteiger charge is -2.27. The lowest BCUT2D eigenvalue weighted by atomic mass is 9.84. The van der Waals surface area contributed by atoms with E-state index in [0.717, 1.165) is 18.4 Å². The summed E-state index contributed by atoms with van der Waals surface area (Å²) in [6.07, 6.45) is 6.19. The van der Waals surface area contributed by atoms with Crippen LogP contribution in [0.5, 0.6) is 0 Å². The van der Waals surface area contributed by atoms with Crippen molar-refractivity contribution in [3.63, 3.8) is 0 Å². The van der Waals surface area contributed by atoms with Crippen molar-refractivity contribution in [1.82, 2.24) is 5.32 Å². The van der Waals surface area contributed by atoms with Gasteiger partial charge < -0.3 is 10.4 Å². The highest BCUT2D eigenvalue weighted by Crippen LogP contribution is 2.26. The molecule has 0 bridgehead atoms. The molecular formula is C9H19NO. The van der Waals surface area contributed by atoms with E-state index in [9.17, 15) is 0 Å². The highest BCUT2D eigenvalue weighted by Gasteiger charge is 2.18. The van der Waals surface area contributed by atoms with Gasteiger partial charge in [0.15, 0.2) is 0 Å². The first-order valence-corrected chi connectivity index (χ1v) is 4.65. The zero-order chi connectivity index (χ0) is 8.10. The van der Waals surface area contributed by atoms with Crippen LogP contribution in [-0.2, 0) is 0 Å². The minimum absolute atomic E-state index is 0.370. The predicted octanol–water partition coefficient (Wildman–Crippen LogP) is 1.15. The predicted molar refractivity (Wildman–Crippen MR) is 46.5 cm³/mol. The van der Waals surface area contributed by atoms with Crippen molar-refractivity contribution < 1.29 is 5.11 Å². The zero-order valence-corrected chi connectivity index (χ0v) is 7.34. The summed E-state index contributed by atoms with van der Waals surface area (Å²) in [7, 11) is 2.04. The van der Waals surface area contributed by atoms with Crippen LogP contribution >= 0.6 is 0 Å².